The molecular formula is C10H10N2O3. The van der Waals surface area contributed by atoms with Crippen molar-refractivity contribution in [2.45, 2.75) is 6.42 Å². The Kier molecular flexibility index (Phi) is 2.53. The second-order valence-corrected chi connectivity index (χ2v) is 3.07. The number of carbonyl (C=O) groups excluding carboxylic acids is 2. The van der Waals surface area contributed by atoms with Gasteiger partial charge in [0.15, 0.2) is 0 Å². The highest BCUT2D eigenvalue weighted by molar-refractivity contribution is 5.95. The summed E-state index contributed by atoms with van der Waals surface area (Å²) in [5.41, 5.74) is 3.36. The van der Waals surface area contributed by atoms with Crippen LogP contribution in [-0.4, -0.2) is 23.6 Å². The number of nitrogens with one attached hydrogen (secondary N) is 1. The Labute approximate surface area is 86.6 Å². The first kappa shape index (κ1) is 9.51. The van der Waals surface area contributed by atoms with Gasteiger partial charge in [-0.2, -0.15) is 5.01 Å². The van der Waals surface area contributed by atoms with Crippen LogP contribution in [0, 0.1) is 0 Å². The fraction of sp³-hybridized carbons (Fsp3) is 0.200. The van der Waals surface area contributed by atoms with Crippen LogP contribution in [0.2, 0.25) is 0 Å². The van der Waals surface area contributed by atoms with Crippen LogP contribution in [0.25, 0.3) is 0 Å². The molecule has 0 aliphatic carbocycles. The molecule has 0 bridgehead atoms. The number of hydrogen-bond acceptors (Lipinski definition) is 4. The molecule has 1 aromatic rings. The molecule has 1 fully saturated rings. The lowest BCUT2D eigenvalue weighted by atomic mass is 10.3. The number of hydrogen-bond donors (Lipinski definition) is 1. The third-order valence-corrected chi connectivity index (χ3v) is 1.99. The van der Waals surface area contributed by atoms with Gasteiger partial charge in [0.25, 0.3) is 5.91 Å². The number of anilines is 1. The van der Waals surface area contributed by atoms with Gasteiger partial charge in [0.05, 0.1) is 12.1 Å². The van der Waals surface area contributed by atoms with E-state index in [1.165, 1.54) is 0 Å². The number of ether oxygens (including phenoxy) is 1. The Balaban J connectivity index is 2.10. The summed E-state index contributed by atoms with van der Waals surface area (Å²) in [5, 5.41) is 0.888. The number of imide groups is 1. The van der Waals surface area contributed by atoms with Crippen molar-refractivity contribution in [3.8, 4) is 0 Å². The highest BCUT2D eigenvalue weighted by atomic mass is 16.6. The van der Waals surface area contributed by atoms with Crippen molar-refractivity contribution in [3.05, 3.63) is 30.3 Å². The Morgan fingerprint density at radius 1 is 1.20 bits per heavy atom. The standard InChI is InChI=1S/C10H10N2O3/c13-9-6-7-15-10(14)12(9)11-8-4-2-1-3-5-8/h1-5,11H,6-7H2. The Hall–Kier alpha value is -2.04. The van der Waals surface area contributed by atoms with Crippen LogP contribution in [0.1, 0.15) is 6.42 Å². The minimum absolute atomic E-state index is 0.157. The number of benzene rings is 1. The van der Waals surface area contributed by atoms with Crippen LogP contribution in [0.4, 0.5) is 10.5 Å². The number of nitrogens with zero attached hydrogens (tertiary/aromatic N) is 1. The average molecular weight is 206 g/mol. The predicted octanol–water partition coefficient (Wildman–Crippen LogP) is 1.38. The predicted molar refractivity (Wildman–Crippen MR) is 52.9 cm³/mol. The van der Waals surface area contributed by atoms with E-state index in [-0.39, 0.29) is 18.9 Å². The smallest absolute Gasteiger partial charge is 0.436 e. The SMILES string of the molecule is O=C1CCOC(=O)N1Nc1ccccc1. The Morgan fingerprint density at radius 2 is 1.93 bits per heavy atom. The van der Waals surface area contributed by atoms with Crippen LogP contribution >= 0.6 is 0 Å². The molecule has 1 saturated heterocycles. The van der Waals surface area contributed by atoms with Crippen LogP contribution in [-0.2, 0) is 9.53 Å². The van der Waals surface area contributed by atoms with Gasteiger partial charge < -0.3 is 4.74 Å². The lowest BCUT2D eigenvalue weighted by Gasteiger charge is -2.25. The molecular weight excluding hydrogens is 196 g/mol. The number of cyclic esters (lactones) is 1. The van der Waals surface area contributed by atoms with E-state index in [4.69, 9.17) is 4.74 Å². The minimum atomic E-state index is -0.657. The molecule has 0 radical (unpaired) electrons. The maximum absolute atomic E-state index is 11.4. The summed E-state index contributed by atoms with van der Waals surface area (Å²) in [5.74, 6) is -0.282. The molecule has 78 valence electrons. The summed E-state index contributed by atoms with van der Waals surface area (Å²) in [6.07, 6.45) is -0.443. The zero-order valence-electron chi connectivity index (χ0n) is 7.97. The van der Waals surface area contributed by atoms with E-state index in [1.54, 1.807) is 12.1 Å². The zero-order chi connectivity index (χ0) is 10.7. The van der Waals surface area contributed by atoms with Crippen molar-refractivity contribution in [2.24, 2.45) is 0 Å². The molecule has 0 aromatic heterocycles. The molecule has 0 unspecified atom stereocenters. The van der Waals surface area contributed by atoms with E-state index in [9.17, 15) is 9.59 Å². The maximum atomic E-state index is 11.4. The number of rotatable bonds is 2. The lowest BCUT2D eigenvalue weighted by Crippen LogP contribution is -2.45. The number of carbonyl (C=O) groups is 2. The van der Waals surface area contributed by atoms with E-state index >= 15 is 0 Å². The Morgan fingerprint density at radius 3 is 2.60 bits per heavy atom. The molecule has 0 atom stereocenters. The summed E-state index contributed by atoms with van der Waals surface area (Å²) < 4.78 is 4.74. The molecule has 1 aliphatic rings. The van der Waals surface area contributed by atoms with Gasteiger partial charge in [-0.3, -0.25) is 10.2 Å². The average Bonchev–Trinajstić information content (AvgIpc) is 2.25. The van der Waals surface area contributed by atoms with Crippen LogP contribution in [0.15, 0.2) is 30.3 Å². The van der Waals surface area contributed by atoms with Crippen LogP contribution in [0.3, 0.4) is 0 Å². The number of hydrazine groups is 1. The van der Waals surface area contributed by atoms with Gasteiger partial charge in [0, 0.05) is 0 Å². The highest BCUT2D eigenvalue weighted by Crippen LogP contribution is 2.11. The fourth-order valence-electron chi connectivity index (χ4n) is 1.25. The highest BCUT2D eigenvalue weighted by Gasteiger charge is 2.27. The van der Waals surface area contributed by atoms with Gasteiger partial charge in [0.1, 0.15) is 6.61 Å². The van der Waals surface area contributed by atoms with Crippen molar-refractivity contribution in [1.29, 1.82) is 0 Å². The lowest BCUT2D eigenvalue weighted by molar-refractivity contribution is -0.132. The fourth-order valence-corrected chi connectivity index (χ4v) is 1.25. The summed E-state index contributed by atoms with van der Waals surface area (Å²) >= 11 is 0. The van der Waals surface area contributed by atoms with E-state index in [2.05, 4.69) is 5.43 Å². The zero-order valence-corrected chi connectivity index (χ0v) is 7.97. The Bertz CT molecular complexity index is 362. The largest absolute Gasteiger partial charge is 0.447 e. The topological polar surface area (TPSA) is 58.6 Å². The van der Waals surface area contributed by atoms with Crippen molar-refractivity contribution >= 4 is 17.7 Å². The molecule has 1 aromatic carbocycles. The molecule has 1 N–H and O–H groups in total. The van der Waals surface area contributed by atoms with Crippen LogP contribution in [0.5, 0.6) is 0 Å². The molecule has 0 saturated carbocycles. The quantitative estimate of drug-likeness (QED) is 0.794. The maximum Gasteiger partial charge on any atom is 0.436 e. The molecule has 15 heavy (non-hydrogen) atoms. The summed E-state index contributed by atoms with van der Waals surface area (Å²) in [6.45, 7) is 0.157. The summed E-state index contributed by atoms with van der Waals surface area (Å²) in [4.78, 5) is 22.6. The van der Waals surface area contributed by atoms with Gasteiger partial charge >= 0.3 is 6.09 Å². The van der Waals surface area contributed by atoms with Crippen molar-refractivity contribution < 1.29 is 14.3 Å². The third kappa shape index (κ3) is 2.07. The molecule has 5 heteroatoms. The van der Waals surface area contributed by atoms with Gasteiger partial charge in [-0.15, -0.1) is 0 Å². The second kappa shape index (κ2) is 4.00. The van der Waals surface area contributed by atoms with Gasteiger partial charge in [-0.25, -0.2) is 4.79 Å². The second-order valence-electron chi connectivity index (χ2n) is 3.07. The summed E-state index contributed by atoms with van der Waals surface area (Å²) in [7, 11) is 0. The molecule has 5 nitrogen and oxygen atoms in total. The van der Waals surface area contributed by atoms with Crippen molar-refractivity contribution in [2.75, 3.05) is 12.0 Å². The molecule has 1 aliphatic heterocycles. The first-order valence-electron chi connectivity index (χ1n) is 4.59. The van der Waals surface area contributed by atoms with E-state index in [1.807, 2.05) is 18.2 Å². The van der Waals surface area contributed by atoms with Crippen LogP contribution < -0.4 is 5.43 Å². The first-order valence-corrected chi connectivity index (χ1v) is 4.59. The van der Waals surface area contributed by atoms with E-state index in [0.29, 0.717) is 5.69 Å². The van der Waals surface area contributed by atoms with Gasteiger partial charge in [0.2, 0.25) is 0 Å². The monoisotopic (exact) mass is 206 g/mol. The minimum Gasteiger partial charge on any atom is -0.447 e. The number of amides is 2. The molecule has 1 heterocycles. The third-order valence-electron chi connectivity index (χ3n) is 1.99. The van der Waals surface area contributed by atoms with Gasteiger partial charge in [-0.1, -0.05) is 18.2 Å². The molecule has 0 spiro atoms. The molecule has 2 rings (SSSR count). The summed E-state index contributed by atoms with van der Waals surface area (Å²) in [6, 6.07) is 8.98. The van der Waals surface area contributed by atoms with Crippen molar-refractivity contribution in [1.82, 2.24) is 5.01 Å². The number of para-hydroxylation sites is 1. The normalized spacial score (nSPS) is 16.1. The van der Waals surface area contributed by atoms with Crippen molar-refractivity contribution in [3.63, 3.8) is 0 Å². The van der Waals surface area contributed by atoms with Gasteiger partial charge in [-0.05, 0) is 12.1 Å². The van der Waals surface area contributed by atoms with E-state index < -0.39 is 6.09 Å². The molecule has 2 amide bonds. The first-order chi connectivity index (χ1) is 7.27. The van der Waals surface area contributed by atoms with E-state index in [0.717, 1.165) is 5.01 Å².